The molecule has 0 saturated heterocycles. The Morgan fingerprint density at radius 2 is 1.90 bits per heavy atom. The van der Waals surface area contributed by atoms with E-state index in [9.17, 15) is 15.0 Å². The van der Waals surface area contributed by atoms with Crippen LogP contribution in [-0.4, -0.2) is 40.3 Å². The Morgan fingerprint density at radius 1 is 1.24 bits per heavy atom. The minimum atomic E-state index is -1.18. The van der Waals surface area contributed by atoms with E-state index in [1.807, 2.05) is 6.92 Å². The zero-order valence-corrected chi connectivity index (χ0v) is 13.1. The van der Waals surface area contributed by atoms with Gasteiger partial charge in [-0.1, -0.05) is 0 Å². The lowest BCUT2D eigenvalue weighted by molar-refractivity contribution is -0.212. The molecule has 0 bridgehead atoms. The van der Waals surface area contributed by atoms with Crippen LogP contribution in [0.1, 0.15) is 46.5 Å². The molecule has 2 saturated carbocycles. The molecule has 0 aromatic carbocycles. The van der Waals surface area contributed by atoms with Gasteiger partial charge in [-0.15, -0.1) is 0 Å². The van der Waals surface area contributed by atoms with Crippen molar-refractivity contribution in [2.45, 2.75) is 63.4 Å². The fourth-order valence-electron chi connectivity index (χ4n) is 4.58. The Kier molecular flexibility index (Phi) is 3.08. The molecule has 0 amide bonds. The third kappa shape index (κ3) is 1.98. The van der Waals surface area contributed by atoms with Crippen molar-refractivity contribution >= 4 is 5.97 Å². The molecular formula is C16H24O5. The number of hydrogen-bond donors (Lipinski definition) is 2. The third-order valence-electron chi connectivity index (χ3n) is 5.87. The molecule has 1 heterocycles. The van der Waals surface area contributed by atoms with Crippen molar-refractivity contribution in [3.05, 3.63) is 11.1 Å². The highest BCUT2D eigenvalue weighted by atomic mass is 16.7. The number of methoxy groups -OCH3 is 1. The predicted octanol–water partition coefficient (Wildman–Crippen LogP) is 1.52. The fourth-order valence-corrected chi connectivity index (χ4v) is 4.58. The quantitative estimate of drug-likeness (QED) is 0.718. The number of rotatable bonds is 1. The van der Waals surface area contributed by atoms with Gasteiger partial charge in [-0.2, -0.15) is 0 Å². The van der Waals surface area contributed by atoms with Crippen LogP contribution in [-0.2, 0) is 14.3 Å². The van der Waals surface area contributed by atoms with Gasteiger partial charge in [-0.05, 0) is 51.9 Å². The molecule has 1 unspecified atom stereocenters. The van der Waals surface area contributed by atoms with E-state index in [1.165, 1.54) is 7.11 Å². The lowest BCUT2D eigenvalue weighted by Gasteiger charge is -2.37. The van der Waals surface area contributed by atoms with Gasteiger partial charge < -0.3 is 19.7 Å². The monoisotopic (exact) mass is 296 g/mol. The molecule has 3 rings (SSSR count). The van der Waals surface area contributed by atoms with E-state index >= 15 is 0 Å². The maximum Gasteiger partial charge on any atom is 0.336 e. The average Bonchev–Trinajstić information content (AvgIpc) is 2.75. The largest absolute Gasteiger partial charge is 0.425 e. The van der Waals surface area contributed by atoms with E-state index < -0.39 is 23.0 Å². The number of hydrogen-bond acceptors (Lipinski definition) is 5. The second kappa shape index (κ2) is 4.31. The number of ether oxygens (including phenoxy) is 2. The minimum absolute atomic E-state index is 0.0240. The molecule has 3 aliphatic rings. The van der Waals surface area contributed by atoms with Gasteiger partial charge in [0.2, 0.25) is 5.79 Å². The van der Waals surface area contributed by atoms with Crippen molar-refractivity contribution in [2.24, 2.45) is 11.8 Å². The summed E-state index contributed by atoms with van der Waals surface area (Å²) in [5.74, 6) is -1.68. The normalized spacial score (nSPS) is 49.7. The first kappa shape index (κ1) is 15.0. The summed E-state index contributed by atoms with van der Waals surface area (Å²) in [5, 5.41) is 21.6. The fraction of sp³-hybridized carbons (Fsp3) is 0.812. The molecule has 2 fully saturated rings. The van der Waals surface area contributed by atoms with Crippen molar-refractivity contribution < 1.29 is 24.5 Å². The number of carbonyl (C=O) groups is 1. The summed E-state index contributed by atoms with van der Waals surface area (Å²) >= 11 is 0. The Morgan fingerprint density at radius 3 is 2.52 bits per heavy atom. The Balaban J connectivity index is 2.12. The van der Waals surface area contributed by atoms with Gasteiger partial charge in [0.15, 0.2) is 0 Å². The maximum atomic E-state index is 12.0. The molecule has 0 aromatic rings. The summed E-state index contributed by atoms with van der Waals surface area (Å²) in [6.45, 7) is 5.31. The Hall–Kier alpha value is -0.910. The van der Waals surface area contributed by atoms with E-state index in [-0.39, 0.29) is 18.3 Å². The number of fused-ring (bicyclic) bond motifs is 2. The molecule has 5 nitrogen and oxygen atoms in total. The molecule has 1 aliphatic heterocycles. The first-order valence-electron chi connectivity index (χ1n) is 7.56. The van der Waals surface area contributed by atoms with Crippen molar-refractivity contribution in [3.63, 3.8) is 0 Å². The van der Waals surface area contributed by atoms with E-state index in [0.29, 0.717) is 18.4 Å². The van der Waals surface area contributed by atoms with Gasteiger partial charge >= 0.3 is 5.97 Å². The summed E-state index contributed by atoms with van der Waals surface area (Å²) in [5.41, 5.74) is -0.550. The summed E-state index contributed by atoms with van der Waals surface area (Å²) < 4.78 is 11.0. The van der Waals surface area contributed by atoms with Crippen molar-refractivity contribution in [3.8, 4) is 0 Å². The molecular weight excluding hydrogens is 272 g/mol. The zero-order valence-electron chi connectivity index (χ0n) is 13.1. The average molecular weight is 296 g/mol. The van der Waals surface area contributed by atoms with Crippen LogP contribution in [0.4, 0.5) is 0 Å². The standard InChI is InChI=1S/C16H24O5/c1-9-11-7-12-10(5-6-14(12,2)18)15(3,19)8-16(11,20-4)21-13(9)17/h10,12,18-19H,5-8H2,1-4H3/t10-,12-,14-,15-,16?/m1/s1. The second-order valence-corrected chi connectivity index (χ2v) is 7.30. The van der Waals surface area contributed by atoms with Crippen LogP contribution in [0.5, 0.6) is 0 Å². The van der Waals surface area contributed by atoms with Crippen LogP contribution in [0.3, 0.4) is 0 Å². The van der Waals surface area contributed by atoms with E-state index in [1.54, 1.807) is 13.8 Å². The topological polar surface area (TPSA) is 76.0 Å². The summed E-state index contributed by atoms with van der Waals surface area (Å²) in [4.78, 5) is 12.0. The molecule has 21 heavy (non-hydrogen) atoms. The number of carbonyl (C=O) groups excluding carboxylic acids is 1. The van der Waals surface area contributed by atoms with Crippen molar-refractivity contribution in [1.82, 2.24) is 0 Å². The summed E-state index contributed by atoms with van der Waals surface area (Å²) in [6, 6.07) is 0. The van der Waals surface area contributed by atoms with Gasteiger partial charge in [0.05, 0.1) is 11.2 Å². The van der Waals surface area contributed by atoms with Gasteiger partial charge in [0.25, 0.3) is 0 Å². The van der Waals surface area contributed by atoms with Gasteiger partial charge in [0.1, 0.15) is 0 Å². The first-order chi connectivity index (χ1) is 9.63. The van der Waals surface area contributed by atoms with Crippen LogP contribution in [0.25, 0.3) is 0 Å². The Bertz CT molecular complexity index is 519. The number of aliphatic hydroxyl groups is 2. The third-order valence-corrected chi connectivity index (χ3v) is 5.87. The Labute approximate surface area is 124 Å². The number of esters is 1. The predicted molar refractivity (Wildman–Crippen MR) is 75.2 cm³/mol. The lowest BCUT2D eigenvalue weighted by atomic mass is 9.76. The highest BCUT2D eigenvalue weighted by Gasteiger charge is 2.61. The highest BCUT2D eigenvalue weighted by Crippen LogP contribution is 2.56. The highest BCUT2D eigenvalue weighted by molar-refractivity contribution is 5.92. The van der Waals surface area contributed by atoms with Gasteiger partial charge in [0, 0.05) is 24.7 Å². The molecule has 0 aromatic heterocycles. The summed E-state index contributed by atoms with van der Waals surface area (Å²) in [6.07, 6.45) is 2.18. The lowest BCUT2D eigenvalue weighted by Crippen LogP contribution is -2.45. The van der Waals surface area contributed by atoms with E-state index in [4.69, 9.17) is 9.47 Å². The molecule has 5 atom stereocenters. The van der Waals surface area contributed by atoms with Crippen LogP contribution >= 0.6 is 0 Å². The van der Waals surface area contributed by atoms with Crippen LogP contribution in [0, 0.1) is 11.8 Å². The summed E-state index contributed by atoms with van der Waals surface area (Å²) in [7, 11) is 1.50. The second-order valence-electron chi connectivity index (χ2n) is 7.30. The van der Waals surface area contributed by atoms with Crippen molar-refractivity contribution in [2.75, 3.05) is 7.11 Å². The molecule has 118 valence electrons. The maximum absolute atomic E-state index is 12.0. The van der Waals surface area contributed by atoms with Crippen LogP contribution < -0.4 is 0 Å². The van der Waals surface area contributed by atoms with Crippen molar-refractivity contribution in [1.29, 1.82) is 0 Å². The SMILES string of the molecule is COC12C[C@@](C)(O)[C@@H]3CC[C@@](C)(O)[C@@H]3CC1=C(C)C(=O)O2. The smallest absolute Gasteiger partial charge is 0.336 e. The zero-order chi connectivity index (χ0) is 15.6. The van der Waals surface area contributed by atoms with E-state index in [0.717, 1.165) is 12.0 Å². The van der Waals surface area contributed by atoms with E-state index in [2.05, 4.69) is 0 Å². The molecule has 2 N–H and O–H groups in total. The molecule has 5 heteroatoms. The molecule has 0 spiro atoms. The van der Waals surface area contributed by atoms with Crippen LogP contribution in [0.15, 0.2) is 11.1 Å². The minimum Gasteiger partial charge on any atom is -0.425 e. The molecule has 2 aliphatic carbocycles. The van der Waals surface area contributed by atoms with Gasteiger partial charge in [-0.3, -0.25) is 0 Å². The molecule has 0 radical (unpaired) electrons. The van der Waals surface area contributed by atoms with Crippen LogP contribution in [0.2, 0.25) is 0 Å². The first-order valence-corrected chi connectivity index (χ1v) is 7.56. The van der Waals surface area contributed by atoms with Gasteiger partial charge in [-0.25, -0.2) is 4.79 Å².